The van der Waals surface area contributed by atoms with Gasteiger partial charge in [-0.1, -0.05) is 18.2 Å². The van der Waals surface area contributed by atoms with Crippen LogP contribution in [0.2, 0.25) is 0 Å². The number of nitrogens with zero attached hydrogens (tertiary/aromatic N) is 1. The Kier molecular flexibility index (Phi) is 4.37. The van der Waals surface area contributed by atoms with Crippen molar-refractivity contribution in [3.05, 3.63) is 36.0 Å². The van der Waals surface area contributed by atoms with E-state index in [2.05, 4.69) is 10.3 Å². The number of carbonyl (C=O) groups excluding carboxylic acids is 1. The van der Waals surface area contributed by atoms with Crippen molar-refractivity contribution < 1.29 is 14.7 Å². The van der Waals surface area contributed by atoms with E-state index in [1.165, 1.54) is 0 Å². The Morgan fingerprint density at radius 3 is 2.81 bits per heavy atom. The Bertz CT molecular complexity index is 680. The van der Waals surface area contributed by atoms with Crippen LogP contribution in [0.4, 0.5) is 5.82 Å². The molecule has 1 unspecified atom stereocenters. The number of aryl methyl sites for hydroxylation is 1. The van der Waals surface area contributed by atoms with E-state index >= 15 is 0 Å². The van der Waals surface area contributed by atoms with Crippen LogP contribution in [0.3, 0.4) is 0 Å². The molecular formula is C15H17N3O3. The van der Waals surface area contributed by atoms with Gasteiger partial charge in [0.25, 0.3) is 0 Å². The van der Waals surface area contributed by atoms with Gasteiger partial charge in [-0.25, -0.2) is 9.78 Å². The highest BCUT2D eigenvalue weighted by atomic mass is 16.4. The molecule has 4 N–H and O–H groups in total. The highest BCUT2D eigenvalue weighted by molar-refractivity contribution is 5.95. The van der Waals surface area contributed by atoms with E-state index in [1.807, 2.05) is 31.2 Å². The molecule has 6 nitrogen and oxygen atoms in total. The van der Waals surface area contributed by atoms with Crippen LogP contribution in [0, 0.1) is 6.92 Å². The molecule has 21 heavy (non-hydrogen) atoms. The van der Waals surface area contributed by atoms with E-state index in [9.17, 15) is 14.7 Å². The summed E-state index contributed by atoms with van der Waals surface area (Å²) in [5, 5.41) is 14.0. The van der Waals surface area contributed by atoms with Gasteiger partial charge in [0.1, 0.15) is 11.9 Å². The minimum atomic E-state index is -1.04. The van der Waals surface area contributed by atoms with Crippen LogP contribution in [0.1, 0.15) is 18.4 Å². The molecule has 1 heterocycles. The van der Waals surface area contributed by atoms with E-state index in [1.54, 1.807) is 6.20 Å². The first kappa shape index (κ1) is 14.8. The maximum absolute atomic E-state index is 11.3. The quantitative estimate of drug-likeness (QED) is 0.749. The van der Waals surface area contributed by atoms with Crippen molar-refractivity contribution in [2.75, 3.05) is 5.32 Å². The van der Waals surface area contributed by atoms with Crippen molar-refractivity contribution in [1.29, 1.82) is 0 Å². The second kappa shape index (κ2) is 6.21. The lowest BCUT2D eigenvalue weighted by molar-refractivity contribution is -0.138. The third-order valence-corrected chi connectivity index (χ3v) is 3.29. The maximum Gasteiger partial charge on any atom is 0.326 e. The monoisotopic (exact) mass is 287 g/mol. The van der Waals surface area contributed by atoms with Gasteiger partial charge in [0.15, 0.2) is 0 Å². The van der Waals surface area contributed by atoms with Crippen molar-refractivity contribution in [2.24, 2.45) is 5.73 Å². The van der Waals surface area contributed by atoms with Gasteiger partial charge in [-0.2, -0.15) is 0 Å². The summed E-state index contributed by atoms with van der Waals surface area (Å²) in [6.07, 6.45) is 1.75. The fourth-order valence-electron chi connectivity index (χ4n) is 2.23. The van der Waals surface area contributed by atoms with Crippen LogP contribution >= 0.6 is 0 Å². The van der Waals surface area contributed by atoms with E-state index in [-0.39, 0.29) is 12.8 Å². The lowest BCUT2D eigenvalue weighted by atomic mass is 10.1. The van der Waals surface area contributed by atoms with Gasteiger partial charge in [0.2, 0.25) is 5.91 Å². The average Bonchev–Trinajstić information content (AvgIpc) is 2.43. The first-order chi connectivity index (χ1) is 9.99. The number of carboxylic acid groups (broad SMARTS) is 1. The Hall–Kier alpha value is -2.63. The number of benzene rings is 1. The van der Waals surface area contributed by atoms with Crippen molar-refractivity contribution in [2.45, 2.75) is 25.8 Å². The number of primary amides is 1. The zero-order chi connectivity index (χ0) is 15.4. The Labute approximate surface area is 122 Å². The number of hydrogen-bond donors (Lipinski definition) is 3. The molecule has 6 heteroatoms. The molecule has 0 bridgehead atoms. The van der Waals surface area contributed by atoms with Crippen LogP contribution < -0.4 is 11.1 Å². The SMILES string of the molecule is Cc1cccc2ccnc(NC(CCC(N)=O)C(=O)O)c12. The van der Waals surface area contributed by atoms with Gasteiger partial charge in [0, 0.05) is 18.0 Å². The van der Waals surface area contributed by atoms with Crippen molar-refractivity contribution in [3.63, 3.8) is 0 Å². The predicted molar refractivity (Wildman–Crippen MR) is 80.0 cm³/mol. The third kappa shape index (κ3) is 3.47. The number of amides is 1. The molecule has 2 rings (SSSR count). The number of aromatic nitrogens is 1. The molecule has 1 amide bonds. The number of nitrogens with two attached hydrogens (primary N) is 1. The third-order valence-electron chi connectivity index (χ3n) is 3.29. The first-order valence-electron chi connectivity index (χ1n) is 6.61. The Balaban J connectivity index is 2.32. The van der Waals surface area contributed by atoms with Gasteiger partial charge in [-0.3, -0.25) is 4.79 Å². The zero-order valence-electron chi connectivity index (χ0n) is 11.7. The minimum Gasteiger partial charge on any atom is -0.480 e. The summed E-state index contributed by atoms with van der Waals surface area (Å²) >= 11 is 0. The molecule has 0 saturated heterocycles. The molecule has 0 aliphatic rings. The molecule has 0 aliphatic carbocycles. The number of fused-ring (bicyclic) bond motifs is 1. The minimum absolute atomic E-state index is 0.00765. The number of carboxylic acids is 1. The van der Waals surface area contributed by atoms with Crippen LogP contribution in [0.5, 0.6) is 0 Å². The second-order valence-electron chi connectivity index (χ2n) is 4.87. The average molecular weight is 287 g/mol. The maximum atomic E-state index is 11.3. The summed E-state index contributed by atoms with van der Waals surface area (Å²) in [5.41, 5.74) is 6.08. The molecule has 0 aliphatic heterocycles. The predicted octanol–water partition coefficient (Wildman–Crippen LogP) is 1.67. The lowest BCUT2D eigenvalue weighted by Gasteiger charge is -2.16. The second-order valence-corrected chi connectivity index (χ2v) is 4.87. The van der Waals surface area contributed by atoms with Crippen molar-refractivity contribution in [1.82, 2.24) is 4.98 Å². The Morgan fingerprint density at radius 2 is 2.14 bits per heavy atom. The van der Waals surface area contributed by atoms with Crippen LogP contribution in [-0.2, 0) is 9.59 Å². The summed E-state index contributed by atoms with van der Waals surface area (Å²) in [6, 6.07) is 6.77. The number of anilines is 1. The standard InChI is InChI=1S/C15H17N3O3/c1-9-3-2-4-10-7-8-17-14(13(9)10)18-11(15(20)21)5-6-12(16)19/h2-4,7-8,11H,5-6H2,1H3,(H2,16,19)(H,17,18)(H,20,21). The van der Waals surface area contributed by atoms with E-state index < -0.39 is 17.9 Å². The molecule has 1 atom stereocenters. The highest BCUT2D eigenvalue weighted by Crippen LogP contribution is 2.25. The molecule has 0 radical (unpaired) electrons. The number of carbonyl (C=O) groups is 2. The largest absolute Gasteiger partial charge is 0.480 e. The summed E-state index contributed by atoms with van der Waals surface area (Å²) in [6.45, 7) is 1.94. The summed E-state index contributed by atoms with van der Waals surface area (Å²) in [4.78, 5) is 26.4. The number of aliphatic carboxylic acids is 1. The fourth-order valence-corrected chi connectivity index (χ4v) is 2.23. The van der Waals surface area contributed by atoms with Crippen molar-refractivity contribution >= 4 is 28.5 Å². The van der Waals surface area contributed by atoms with Crippen LogP contribution in [0.15, 0.2) is 30.5 Å². The van der Waals surface area contributed by atoms with Crippen LogP contribution in [0.25, 0.3) is 10.8 Å². The van der Waals surface area contributed by atoms with E-state index in [0.29, 0.717) is 5.82 Å². The molecule has 110 valence electrons. The summed E-state index contributed by atoms with van der Waals surface area (Å²) in [7, 11) is 0. The smallest absolute Gasteiger partial charge is 0.326 e. The topological polar surface area (TPSA) is 105 Å². The van der Waals surface area contributed by atoms with Gasteiger partial charge in [-0.05, 0) is 30.4 Å². The van der Waals surface area contributed by atoms with E-state index in [4.69, 9.17) is 5.73 Å². The van der Waals surface area contributed by atoms with Gasteiger partial charge >= 0.3 is 5.97 Å². The molecule has 2 aromatic rings. The van der Waals surface area contributed by atoms with E-state index in [0.717, 1.165) is 16.3 Å². The van der Waals surface area contributed by atoms with Gasteiger partial charge in [-0.15, -0.1) is 0 Å². The summed E-state index contributed by atoms with van der Waals surface area (Å²) in [5.74, 6) is -1.06. The van der Waals surface area contributed by atoms with Gasteiger partial charge in [0.05, 0.1) is 0 Å². The number of nitrogens with one attached hydrogen (secondary N) is 1. The number of hydrogen-bond acceptors (Lipinski definition) is 4. The normalized spacial score (nSPS) is 12.0. The fraction of sp³-hybridized carbons (Fsp3) is 0.267. The molecule has 0 saturated carbocycles. The number of pyridine rings is 1. The van der Waals surface area contributed by atoms with Crippen molar-refractivity contribution in [3.8, 4) is 0 Å². The van der Waals surface area contributed by atoms with Crippen LogP contribution in [-0.4, -0.2) is 28.0 Å². The Morgan fingerprint density at radius 1 is 1.38 bits per heavy atom. The zero-order valence-corrected chi connectivity index (χ0v) is 11.7. The molecule has 1 aromatic heterocycles. The first-order valence-corrected chi connectivity index (χ1v) is 6.61. The van der Waals surface area contributed by atoms with Gasteiger partial charge < -0.3 is 16.2 Å². The lowest BCUT2D eigenvalue weighted by Crippen LogP contribution is -2.31. The molecule has 0 spiro atoms. The number of rotatable bonds is 6. The highest BCUT2D eigenvalue weighted by Gasteiger charge is 2.19. The molecule has 1 aromatic carbocycles. The molecular weight excluding hydrogens is 270 g/mol. The summed E-state index contributed by atoms with van der Waals surface area (Å²) < 4.78 is 0. The molecule has 0 fully saturated rings.